The first-order chi connectivity index (χ1) is 9.56. The van der Waals surface area contributed by atoms with Crippen LogP contribution in [0.2, 0.25) is 0 Å². The molecule has 0 aliphatic rings. The lowest BCUT2D eigenvalue weighted by Crippen LogP contribution is -2.24. The number of nitrogens with one attached hydrogen (secondary N) is 2. The van der Waals surface area contributed by atoms with Crippen molar-refractivity contribution in [1.29, 1.82) is 0 Å². The third-order valence-electron chi connectivity index (χ3n) is 2.43. The summed E-state index contributed by atoms with van der Waals surface area (Å²) >= 11 is 0. The van der Waals surface area contributed by atoms with Crippen molar-refractivity contribution < 1.29 is 18.3 Å². The Morgan fingerprint density at radius 2 is 2.20 bits per heavy atom. The number of hydrogen-bond acceptors (Lipinski definition) is 4. The van der Waals surface area contributed by atoms with E-state index in [-0.39, 0.29) is 18.1 Å². The summed E-state index contributed by atoms with van der Waals surface area (Å²) in [6.45, 7) is -1.22. The van der Waals surface area contributed by atoms with Gasteiger partial charge in [-0.25, -0.2) is 4.98 Å². The molecule has 0 saturated heterocycles. The standard InChI is InChI=1S/C12H12F2N4O2/c1-7-16-10(18-17-7)11(19)15-6-8-4-2-3-5-9(8)20-12(13)14/h2-5,12H,6H2,1H3,(H,15,19)(H,16,17,18). The second kappa shape index (κ2) is 6.09. The number of halogens is 2. The van der Waals surface area contributed by atoms with Crippen LogP contribution in [-0.2, 0) is 6.54 Å². The van der Waals surface area contributed by atoms with E-state index in [1.807, 2.05) is 0 Å². The lowest BCUT2D eigenvalue weighted by Gasteiger charge is -2.10. The Morgan fingerprint density at radius 3 is 2.85 bits per heavy atom. The average molecular weight is 282 g/mol. The third kappa shape index (κ3) is 3.50. The van der Waals surface area contributed by atoms with Crippen LogP contribution in [0.4, 0.5) is 8.78 Å². The molecule has 0 aliphatic carbocycles. The number of aryl methyl sites for hydroxylation is 1. The molecule has 0 fully saturated rings. The molecule has 0 spiro atoms. The fourth-order valence-corrected chi connectivity index (χ4v) is 1.56. The smallest absolute Gasteiger partial charge is 0.387 e. The van der Waals surface area contributed by atoms with Gasteiger partial charge in [-0.2, -0.15) is 8.78 Å². The van der Waals surface area contributed by atoms with E-state index >= 15 is 0 Å². The first-order valence-corrected chi connectivity index (χ1v) is 5.76. The predicted molar refractivity (Wildman–Crippen MR) is 65.4 cm³/mol. The van der Waals surface area contributed by atoms with Gasteiger partial charge in [-0.3, -0.25) is 9.89 Å². The van der Waals surface area contributed by atoms with Crippen molar-refractivity contribution in [2.24, 2.45) is 0 Å². The van der Waals surface area contributed by atoms with Crippen LogP contribution < -0.4 is 10.1 Å². The fourth-order valence-electron chi connectivity index (χ4n) is 1.56. The monoisotopic (exact) mass is 282 g/mol. The number of alkyl halides is 2. The Hall–Kier alpha value is -2.51. The molecule has 2 rings (SSSR count). The maximum Gasteiger partial charge on any atom is 0.387 e. The molecule has 6 nitrogen and oxygen atoms in total. The fraction of sp³-hybridized carbons (Fsp3) is 0.250. The van der Waals surface area contributed by atoms with Gasteiger partial charge >= 0.3 is 6.61 Å². The van der Waals surface area contributed by atoms with Crippen molar-refractivity contribution in [2.45, 2.75) is 20.1 Å². The minimum Gasteiger partial charge on any atom is -0.434 e. The van der Waals surface area contributed by atoms with E-state index in [1.54, 1.807) is 25.1 Å². The average Bonchev–Trinajstić information content (AvgIpc) is 2.83. The lowest BCUT2D eigenvalue weighted by atomic mass is 10.2. The van der Waals surface area contributed by atoms with Crippen LogP contribution in [0.5, 0.6) is 5.75 Å². The van der Waals surface area contributed by atoms with E-state index in [0.717, 1.165) is 0 Å². The molecule has 2 N–H and O–H groups in total. The molecular formula is C12H12F2N4O2. The second-order valence-corrected chi connectivity index (χ2v) is 3.91. The molecule has 0 unspecified atom stereocenters. The molecule has 0 aliphatic heterocycles. The van der Waals surface area contributed by atoms with Crippen molar-refractivity contribution >= 4 is 5.91 Å². The van der Waals surface area contributed by atoms with Gasteiger partial charge in [0.05, 0.1) is 0 Å². The summed E-state index contributed by atoms with van der Waals surface area (Å²) in [6.07, 6.45) is 0. The predicted octanol–water partition coefficient (Wildman–Crippen LogP) is 1.64. The van der Waals surface area contributed by atoms with Crippen LogP contribution in [0.1, 0.15) is 22.0 Å². The van der Waals surface area contributed by atoms with Gasteiger partial charge in [-0.1, -0.05) is 18.2 Å². The van der Waals surface area contributed by atoms with Gasteiger partial charge in [-0.05, 0) is 13.0 Å². The van der Waals surface area contributed by atoms with Crippen LogP contribution in [0.15, 0.2) is 24.3 Å². The first-order valence-electron chi connectivity index (χ1n) is 5.76. The SMILES string of the molecule is Cc1nc(C(=O)NCc2ccccc2OC(F)F)n[nH]1. The van der Waals surface area contributed by atoms with Crippen LogP contribution in [-0.4, -0.2) is 27.7 Å². The molecule has 1 aromatic heterocycles. The van der Waals surface area contributed by atoms with Gasteiger partial charge in [0, 0.05) is 12.1 Å². The van der Waals surface area contributed by atoms with Crippen molar-refractivity contribution in [3.05, 3.63) is 41.5 Å². The van der Waals surface area contributed by atoms with Gasteiger partial charge in [-0.15, -0.1) is 5.10 Å². The summed E-state index contributed by atoms with van der Waals surface area (Å²) in [5.41, 5.74) is 0.438. The van der Waals surface area contributed by atoms with E-state index < -0.39 is 12.5 Å². The molecule has 0 bridgehead atoms. The van der Waals surface area contributed by atoms with Crippen LogP contribution in [0, 0.1) is 6.92 Å². The Morgan fingerprint density at radius 1 is 1.45 bits per heavy atom. The number of rotatable bonds is 5. The molecule has 20 heavy (non-hydrogen) atoms. The maximum absolute atomic E-state index is 12.2. The van der Waals surface area contributed by atoms with E-state index in [9.17, 15) is 13.6 Å². The van der Waals surface area contributed by atoms with E-state index in [0.29, 0.717) is 11.4 Å². The zero-order valence-electron chi connectivity index (χ0n) is 10.6. The molecule has 106 valence electrons. The van der Waals surface area contributed by atoms with Gasteiger partial charge in [0.2, 0.25) is 5.82 Å². The molecule has 1 amide bonds. The highest BCUT2D eigenvalue weighted by Gasteiger charge is 2.13. The number of carbonyl (C=O) groups is 1. The van der Waals surface area contributed by atoms with E-state index in [1.165, 1.54) is 6.07 Å². The van der Waals surface area contributed by atoms with Crippen LogP contribution in [0.25, 0.3) is 0 Å². The molecular weight excluding hydrogens is 270 g/mol. The van der Waals surface area contributed by atoms with Crippen molar-refractivity contribution in [2.75, 3.05) is 0 Å². The maximum atomic E-state index is 12.2. The van der Waals surface area contributed by atoms with Gasteiger partial charge < -0.3 is 10.1 Å². The zero-order chi connectivity index (χ0) is 14.5. The quantitative estimate of drug-likeness (QED) is 0.873. The van der Waals surface area contributed by atoms with Gasteiger partial charge in [0.1, 0.15) is 11.6 Å². The summed E-state index contributed by atoms with van der Waals surface area (Å²) in [5, 5.41) is 8.77. The van der Waals surface area contributed by atoms with E-state index in [4.69, 9.17) is 0 Å². The Balaban J connectivity index is 2.02. The molecule has 1 aromatic carbocycles. The number of aromatic amines is 1. The number of para-hydroxylation sites is 1. The Labute approximate surface area is 113 Å². The number of benzene rings is 1. The second-order valence-electron chi connectivity index (χ2n) is 3.91. The third-order valence-corrected chi connectivity index (χ3v) is 2.43. The Bertz CT molecular complexity index is 601. The summed E-state index contributed by atoms with van der Waals surface area (Å²) in [7, 11) is 0. The van der Waals surface area contributed by atoms with E-state index in [2.05, 4.69) is 25.2 Å². The number of ether oxygens (including phenoxy) is 1. The molecule has 1 heterocycles. The highest BCUT2D eigenvalue weighted by atomic mass is 19.3. The summed E-state index contributed by atoms with van der Waals surface area (Å²) in [6, 6.07) is 6.23. The zero-order valence-corrected chi connectivity index (χ0v) is 10.6. The van der Waals surface area contributed by atoms with Crippen molar-refractivity contribution in [1.82, 2.24) is 20.5 Å². The molecule has 0 radical (unpaired) electrons. The van der Waals surface area contributed by atoms with Gasteiger partial charge in [0.25, 0.3) is 5.91 Å². The first kappa shape index (κ1) is 13.9. The molecule has 8 heteroatoms. The number of H-pyrrole nitrogens is 1. The topological polar surface area (TPSA) is 79.9 Å². The van der Waals surface area contributed by atoms with Crippen molar-refractivity contribution in [3.8, 4) is 5.75 Å². The highest BCUT2D eigenvalue weighted by molar-refractivity contribution is 5.90. The van der Waals surface area contributed by atoms with Gasteiger partial charge in [0.15, 0.2) is 0 Å². The summed E-state index contributed by atoms with van der Waals surface area (Å²) in [5.74, 6) is 0.0292. The normalized spacial score (nSPS) is 10.6. The number of carbonyl (C=O) groups excluding carboxylic acids is 1. The number of aromatic nitrogens is 3. The molecule has 0 atom stereocenters. The largest absolute Gasteiger partial charge is 0.434 e. The van der Waals surface area contributed by atoms with Crippen molar-refractivity contribution in [3.63, 3.8) is 0 Å². The number of nitrogens with zero attached hydrogens (tertiary/aromatic N) is 2. The minimum absolute atomic E-state index is 0.00485. The molecule has 2 aromatic rings. The summed E-state index contributed by atoms with van der Waals surface area (Å²) < 4.78 is 28.8. The van der Waals surface area contributed by atoms with Crippen LogP contribution in [0.3, 0.4) is 0 Å². The Kier molecular flexibility index (Phi) is 4.24. The molecule has 0 saturated carbocycles. The summed E-state index contributed by atoms with van der Waals surface area (Å²) in [4.78, 5) is 15.6. The lowest BCUT2D eigenvalue weighted by molar-refractivity contribution is -0.0504. The highest BCUT2D eigenvalue weighted by Crippen LogP contribution is 2.19. The minimum atomic E-state index is -2.91. The van der Waals surface area contributed by atoms with Crippen LogP contribution >= 0.6 is 0 Å². The number of hydrogen-bond donors (Lipinski definition) is 2. The number of amides is 1.